The average Bonchev–Trinajstić information content (AvgIpc) is 3.22. The predicted octanol–water partition coefficient (Wildman–Crippen LogP) is 7.84. The van der Waals surface area contributed by atoms with Crippen LogP contribution in [0, 0.1) is 0 Å². The van der Waals surface area contributed by atoms with E-state index in [1.807, 2.05) is 0 Å². The van der Waals surface area contributed by atoms with Crippen molar-refractivity contribution in [2.45, 2.75) is 255 Å². The lowest BCUT2D eigenvalue weighted by Crippen LogP contribution is -2.60. The van der Waals surface area contributed by atoms with Crippen LogP contribution in [0.15, 0.2) is 24.3 Å². The summed E-state index contributed by atoms with van der Waals surface area (Å²) >= 11 is 0. The minimum Gasteiger partial charge on any atom is -0.394 e. The molecule has 0 aromatic rings. The highest BCUT2D eigenvalue weighted by molar-refractivity contribution is 5.80. The summed E-state index contributed by atoms with van der Waals surface area (Å²) in [5.74, 6) is -0.715. The van der Waals surface area contributed by atoms with Gasteiger partial charge in [-0.1, -0.05) is 173 Å². The number of aliphatic hydroxyl groups is 7. The molecule has 8 N–H and O–H groups in total. The summed E-state index contributed by atoms with van der Waals surface area (Å²) < 4.78 is 11.0. The molecule has 0 saturated carbocycles. The maximum atomic E-state index is 13.0. The van der Waals surface area contributed by atoms with Gasteiger partial charge < -0.3 is 50.5 Å². The molecule has 0 bridgehead atoms. The molecular weight excluding hydrogens is 739 g/mol. The Morgan fingerprint density at radius 2 is 1.03 bits per heavy atom. The molecule has 1 rings (SSSR count). The molecule has 9 atom stereocenters. The van der Waals surface area contributed by atoms with E-state index in [0.29, 0.717) is 19.3 Å². The molecule has 0 radical (unpaired) electrons. The van der Waals surface area contributed by atoms with E-state index in [1.165, 1.54) is 116 Å². The average molecular weight is 828 g/mol. The summed E-state index contributed by atoms with van der Waals surface area (Å²) in [6.07, 6.45) is 29.8. The fraction of sp³-hybridized carbons (Fsp3) is 0.894. The molecule has 9 unspecified atom stereocenters. The lowest BCUT2D eigenvalue weighted by atomic mass is 9.98. The van der Waals surface area contributed by atoms with Crippen LogP contribution in [0.25, 0.3) is 0 Å². The molecule has 1 saturated heterocycles. The molecule has 0 spiro atoms. The van der Waals surface area contributed by atoms with Crippen LogP contribution in [-0.4, -0.2) is 110 Å². The first kappa shape index (κ1) is 54.6. The van der Waals surface area contributed by atoms with Gasteiger partial charge in [-0.15, -0.1) is 0 Å². The van der Waals surface area contributed by atoms with E-state index in [4.69, 9.17) is 9.47 Å². The number of nitrogens with one attached hydrogen (secondary N) is 1. The van der Waals surface area contributed by atoms with Crippen LogP contribution < -0.4 is 5.32 Å². The largest absolute Gasteiger partial charge is 0.394 e. The second-order valence-corrected chi connectivity index (χ2v) is 16.8. The molecular formula is C47H89NO10. The standard InChI is InChI=1S/C47H89NO10/c1-3-5-7-9-11-13-14-15-16-17-18-19-20-21-22-23-24-25-26-27-29-30-32-34-39(50)42(52)38(37-57-47-45(55)44(54)43(53)41(36-49)58-47)48-46(56)40(51)35-33-31-28-12-10-8-6-4-2/h23-24,27,29,38-45,47,49-55H,3-22,25-26,28,30-37H2,1-2H3,(H,48,56)/b24-23+,29-27+. The quantitative estimate of drug-likeness (QED) is 0.0224. The van der Waals surface area contributed by atoms with Crippen molar-refractivity contribution >= 4 is 5.91 Å². The maximum Gasteiger partial charge on any atom is 0.249 e. The van der Waals surface area contributed by atoms with Gasteiger partial charge in [0.15, 0.2) is 6.29 Å². The third-order valence-electron chi connectivity index (χ3n) is 11.5. The Bertz CT molecular complexity index is 997. The zero-order chi connectivity index (χ0) is 42.6. The van der Waals surface area contributed by atoms with Crippen molar-refractivity contribution in [1.29, 1.82) is 0 Å². The minimum atomic E-state index is -1.67. The minimum absolute atomic E-state index is 0.248. The highest BCUT2D eigenvalue weighted by Crippen LogP contribution is 2.23. The van der Waals surface area contributed by atoms with Gasteiger partial charge in [-0.3, -0.25) is 4.79 Å². The molecule has 0 aromatic carbocycles. The van der Waals surface area contributed by atoms with Gasteiger partial charge in [-0.2, -0.15) is 0 Å². The van der Waals surface area contributed by atoms with E-state index < -0.39 is 74.2 Å². The van der Waals surface area contributed by atoms with Crippen LogP contribution in [0.5, 0.6) is 0 Å². The molecule has 1 aliphatic heterocycles. The Morgan fingerprint density at radius 1 is 0.586 bits per heavy atom. The Kier molecular flexibility index (Phi) is 35.2. The SMILES string of the molecule is CCCCCCCCCCCCCCCC/C=C/CC/C=C/CCCC(O)C(O)C(COC1OC(CO)C(O)C(O)C1O)NC(=O)C(O)CCCCCCCCCC. The smallest absolute Gasteiger partial charge is 0.249 e. The highest BCUT2D eigenvalue weighted by Gasteiger charge is 2.44. The zero-order valence-corrected chi connectivity index (χ0v) is 36.8. The second-order valence-electron chi connectivity index (χ2n) is 16.8. The van der Waals surface area contributed by atoms with Crippen LogP contribution in [0.2, 0.25) is 0 Å². The van der Waals surface area contributed by atoms with E-state index in [9.17, 15) is 40.5 Å². The monoisotopic (exact) mass is 828 g/mol. The van der Waals surface area contributed by atoms with E-state index in [2.05, 4.69) is 43.5 Å². The third kappa shape index (κ3) is 26.7. The van der Waals surface area contributed by atoms with Gasteiger partial charge >= 0.3 is 0 Å². The Labute approximate surface area is 353 Å². The molecule has 11 nitrogen and oxygen atoms in total. The molecule has 342 valence electrons. The normalized spacial score (nSPS) is 22.1. The number of aliphatic hydroxyl groups excluding tert-OH is 7. The first-order valence-corrected chi connectivity index (χ1v) is 23.7. The van der Waals surface area contributed by atoms with Crippen LogP contribution >= 0.6 is 0 Å². The fourth-order valence-corrected chi connectivity index (χ4v) is 7.52. The molecule has 1 amide bonds. The van der Waals surface area contributed by atoms with Crippen molar-refractivity contribution in [3.05, 3.63) is 24.3 Å². The van der Waals surface area contributed by atoms with E-state index in [1.54, 1.807) is 0 Å². The molecule has 0 aliphatic carbocycles. The van der Waals surface area contributed by atoms with Gasteiger partial charge in [0.05, 0.1) is 25.4 Å². The molecule has 1 aliphatic rings. The van der Waals surface area contributed by atoms with E-state index in [-0.39, 0.29) is 12.8 Å². The summed E-state index contributed by atoms with van der Waals surface area (Å²) in [5.41, 5.74) is 0. The topological polar surface area (TPSA) is 189 Å². The molecule has 11 heteroatoms. The van der Waals surface area contributed by atoms with Crippen molar-refractivity contribution in [3.8, 4) is 0 Å². The third-order valence-corrected chi connectivity index (χ3v) is 11.5. The van der Waals surface area contributed by atoms with Crippen LogP contribution in [0.1, 0.15) is 200 Å². The van der Waals surface area contributed by atoms with Gasteiger partial charge in [-0.05, 0) is 51.4 Å². The zero-order valence-electron chi connectivity index (χ0n) is 36.8. The summed E-state index contributed by atoms with van der Waals surface area (Å²) in [4.78, 5) is 13.0. The summed E-state index contributed by atoms with van der Waals surface area (Å²) in [5, 5.41) is 75.4. The van der Waals surface area contributed by atoms with Gasteiger partial charge in [0.2, 0.25) is 5.91 Å². The van der Waals surface area contributed by atoms with Crippen LogP contribution in [0.4, 0.5) is 0 Å². The number of hydrogen-bond donors (Lipinski definition) is 8. The molecule has 1 fully saturated rings. The van der Waals surface area contributed by atoms with Crippen LogP contribution in [0.3, 0.4) is 0 Å². The van der Waals surface area contributed by atoms with Gasteiger partial charge in [0.1, 0.15) is 36.6 Å². The second kappa shape index (κ2) is 37.4. The van der Waals surface area contributed by atoms with Crippen molar-refractivity contribution in [3.63, 3.8) is 0 Å². The lowest BCUT2D eigenvalue weighted by Gasteiger charge is -2.40. The lowest BCUT2D eigenvalue weighted by molar-refractivity contribution is -0.303. The number of hydrogen-bond acceptors (Lipinski definition) is 10. The van der Waals surface area contributed by atoms with Crippen molar-refractivity contribution in [2.75, 3.05) is 13.2 Å². The van der Waals surface area contributed by atoms with Gasteiger partial charge in [-0.25, -0.2) is 0 Å². The predicted molar refractivity (Wildman–Crippen MR) is 233 cm³/mol. The molecule has 0 aromatic heterocycles. The summed E-state index contributed by atoms with van der Waals surface area (Å²) in [6.45, 7) is 3.37. The van der Waals surface area contributed by atoms with Crippen molar-refractivity contribution in [1.82, 2.24) is 5.32 Å². The molecule has 58 heavy (non-hydrogen) atoms. The van der Waals surface area contributed by atoms with Gasteiger partial charge in [0.25, 0.3) is 0 Å². The Balaban J connectivity index is 2.39. The van der Waals surface area contributed by atoms with Crippen LogP contribution in [-0.2, 0) is 14.3 Å². The number of carbonyl (C=O) groups is 1. The Morgan fingerprint density at radius 3 is 1.53 bits per heavy atom. The molecule has 1 heterocycles. The van der Waals surface area contributed by atoms with E-state index in [0.717, 1.165) is 38.5 Å². The van der Waals surface area contributed by atoms with Crippen molar-refractivity contribution < 1.29 is 50.0 Å². The highest BCUT2D eigenvalue weighted by atomic mass is 16.7. The van der Waals surface area contributed by atoms with Gasteiger partial charge in [0, 0.05) is 0 Å². The summed E-state index contributed by atoms with van der Waals surface area (Å²) in [7, 11) is 0. The van der Waals surface area contributed by atoms with Crippen molar-refractivity contribution in [2.24, 2.45) is 0 Å². The number of unbranched alkanes of at least 4 members (excludes halogenated alkanes) is 23. The number of amides is 1. The number of ether oxygens (including phenoxy) is 2. The summed E-state index contributed by atoms with van der Waals surface area (Å²) in [6, 6.07) is -1.19. The fourth-order valence-electron chi connectivity index (χ4n) is 7.52. The number of rotatable bonds is 39. The first-order valence-electron chi connectivity index (χ1n) is 23.7. The Hall–Kier alpha value is -1.41. The number of carbonyl (C=O) groups excluding carboxylic acids is 1. The number of allylic oxidation sites excluding steroid dienone is 4. The first-order chi connectivity index (χ1) is 28.2. The van der Waals surface area contributed by atoms with E-state index >= 15 is 0 Å². The maximum absolute atomic E-state index is 13.0.